The molecular weight excluding hydrogens is 430 g/mol. The minimum atomic E-state index is -1.01. The highest BCUT2D eigenvalue weighted by atomic mass is 32.1. The Bertz CT molecular complexity index is 995. The fourth-order valence-corrected chi connectivity index (χ4v) is 5.94. The van der Waals surface area contributed by atoms with Crippen molar-refractivity contribution in [2.45, 2.75) is 44.6 Å². The van der Waals surface area contributed by atoms with Crippen molar-refractivity contribution < 1.29 is 29.0 Å². The molecule has 5 rings (SSSR count). The SMILES string of the molecule is O=C(O)c1c(NC2CCCCO2)sc2c1CC(CN1C(=O)c3ncsc3C1=O)OC2. The third-order valence-corrected chi connectivity index (χ3v) is 7.45. The fraction of sp³-hybridized carbons (Fsp3) is 0.474. The highest BCUT2D eigenvalue weighted by Crippen LogP contribution is 2.39. The van der Waals surface area contributed by atoms with Gasteiger partial charge in [0.05, 0.1) is 30.3 Å². The standard InChI is InChI=1S/C19H19N3O6S2/c23-17-14-15(29-8-20-14)18(24)22(17)6-9-5-10-11(7-28-9)30-16(13(10)19(25)26)21-12-3-1-2-4-27-12/h8-9,12,21H,1-7H2,(H,25,26). The average Bonchev–Trinajstić information content (AvgIpc) is 3.40. The Kier molecular flexibility index (Phi) is 5.05. The first-order valence-electron chi connectivity index (χ1n) is 9.70. The molecule has 1 fully saturated rings. The lowest BCUT2D eigenvalue weighted by Crippen LogP contribution is -2.40. The first-order chi connectivity index (χ1) is 14.5. The minimum Gasteiger partial charge on any atom is -0.478 e. The Labute approximate surface area is 179 Å². The van der Waals surface area contributed by atoms with Crippen LogP contribution in [-0.4, -0.2) is 58.3 Å². The number of thiazole rings is 1. The number of nitrogens with one attached hydrogen (secondary N) is 1. The van der Waals surface area contributed by atoms with Gasteiger partial charge in [0, 0.05) is 17.9 Å². The van der Waals surface area contributed by atoms with E-state index in [1.165, 1.54) is 16.8 Å². The quantitative estimate of drug-likeness (QED) is 0.669. The third kappa shape index (κ3) is 3.31. The number of aromatic nitrogens is 1. The second-order valence-electron chi connectivity index (χ2n) is 7.40. The van der Waals surface area contributed by atoms with Gasteiger partial charge in [0.1, 0.15) is 16.1 Å². The number of aromatic carboxylic acids is 1. The molecule has 0 saturated carbocycles. The molecule has 2 aromatic rings. The van der Waals surface area contributed by atoms with Crippen LogP contribution in [0.4, 0.5) is 5.00 Å². The molecule has 5 heterocycles. The molecule has 2 unspecified atom stereocenters. The van der Waals surface area contributed by atoms with E-state index < -0.39 is 18.0 Å². The maximum atomic E-state index is 12.5. The summed E-state index contributed by atoms with van der Waals surface area (Å²) in [6.07, 6.45) is 2.54. The molecule has 0 bridgehead atoms. The lowest BCUT2D eigenvalue weighted by Gasteiger charge is -2.26. The number of carbonyl (C=O) groups excluding carboxylic acids is 2. The highest BCUT2D eigenvalue weighted by Gasteiger charge is 2.41. The number of amides is 2. The van der Waals surface area contributed by atoms with Crippen molar-refractivity contribution in [3.8, 4) is 0 Å². The number of carboxylic acids is 1. The molecule has 30 heavy (non-hydrogen) atoms. The number of anilines is 1. The van der Waals surface area contributed by atoms with Crippen molar-refractivity contribution in [2.24, 2.45) is 0 Å². The van der Waals surface area contributed by atoms with Crippen molar-refractivity contribution in [3.05, 3.63) is 32.1 Å². The van der Waals surface area contributed by atoms with Crippen LogP contribution < -0.4 is 5.32 Å². The Hall–Kier alpha value is -2.34. The zero-order valence-corrected chi connectivity index (χ0v) is 17.5. The summed E-state index contributed by atoms with van der Waals surface area (Å²) in [5, 5.41) is 13.7. The number of carbonyl (C=O) groups is 3. The van der Waals surface area contributed by atoms with Gasteiger partial charge in [0.15, 0.2) is 5.69 Å². The van der Waals surface area contributed by atoms with E-state index in [9.17, 15) is 19.5 Å². The minimum absolute atomic E-state index is 0.0730. The number of nitrogens with zero attached hydrogens (tertiary/aromatic N) is 2. The lowest BCUT2D eigenvalue weighted by molar-refractivity contribution is 0.00928. The van der Waals surface area contributed by atoms with Crippen molar-refractivity contribution in [2.75, 3.05) is 18.5 Å². The number of hydrogen-bond acceptors (Lipinski definition) is 9. The normalized spacial score (nSPS) is 23.4. The molecule has 0 aromatic carbocycles. The molecule has 2 N–H and O–H groups in total. The molecule has 2 aromatic heterocycles. The summed E-state index contributed by atoms with van der Waals surface area (Å²) in [7, 11) is 0. The van der Waals surface area contributed by atoms with Crippen molar-refractivity contribution in [1.82, 2.24) is 9.88 Å². The Morgan fingerprint density at radius 3 is 2.90 bits per heavy atom. The number of carboxylic acid groups (broad SMARTS) is 1. The predicted octanol–water partition coefficient (Wildman–Crippen LogP) is 2.58. The van der Waals surface area contributed by atoms with E-state index >= 15 is 0 Å². The molecule has 158 valence electrons. The molecule has 3 aliphatic heterocycles. The summed E-state index contributed by atoms with van der Waals surface area (Å²) in [4.78, 5) is 43.3. The van der Waals surface area contributed by atoms with Gasteiger partial charge < -0.3 is 19.9 Å². The van der Waals surface area contributed by atoms with E-state index in [0.717, 1.165) is 40.4 Å². The maximum Gasteiger partial charge on any atom is 0.338 e. The number of hydrogen-bond donors (Lipinski definition) is 2. The largest absolute Gasteiger partial charge is 0.478 e. The van der Waals surface area contributed by atoms with E-state index in [-0.39, 0.29) is 36.5 Å². The van der Waals surface area contributed by atoms with Crippen LogP contribution in [0.5, 0.6) is 0 Å². The Morgan fingerprint density at radius 1 is 1.30 bits per heavy atom. The predicted molar refractivity (Wildman–Crippen MR) is 108 cm³/mol. The van der Waals surface area contributed by atoms with Crippen molar-refractivity contribution in [3.63, 3.8) is 0 Å². The monoisotopic (exact) mass is 449 g/mol. The van der Waals surface area contributed by atoms with Crippen LogP contribution in [0.15, 0.2) is 5.51 Å². The molecule has 2 atom stereocenters. The van der Waals surface area contributed by atoms with Crippen LogP contribution in [-0.2, 0) is 22.5 Å². The van der Waals surface area contributed by atoms with Gasteiger partial charge in [-0.2, -0.15) is 0 Å². The van der Waals surface area contributed by atoms with Gasteiger partial charge >= 0.3 is 5.97 Å². The summed E-state index contributed by atoms with van der Waals surface area (Å²) in [6, 6.07) is 0. The Morgan fingerprint density at radius 2 is 2.17 bits per heavy atom. The molecule has 0 radical (unpaired) electrons. The number of fused-ring (bicyclic) bond motifs is 2. The van der Waals surface area contributed by atoms with Crippen LogP contribution in [0.3, 0.4) is 0 Å². The van der Waals surface area contributed by atoms with Crippen LogP contribution >= 0.6 is 22.7 Å². The van der Waals surface area contributed by atoms with E-state index in [2.05, 4.69) is 10.3 Å². The molecular formula is C19H19N3O6S2. The first kappa shape index (κ1) is 19.6. The van der Waals surface area contributed by atoms with Crippen molar-refractivity contribution >= 4 is 45.5 Å². The van der Waals surface area contributed by atoms with Crippen LogP contribution in [0.1, 0.15) is 60.2 Å². The maximum absolute atomic E-state index is 12.5. The first-order valence-corrected chi connectivity index (χ1v) is 11.4. The van der Waals surface area contributed by atoms with Gasteiger partial charge in [-0.1, -0.05) is 0 Å². The second kappa shape index (κ2) is 7.73. The molecule has 0 spiro atoms. The molecule has 1 saturated heterocycles. The van der Waals surface area contributed by atoms with Gasteiger partial charge in [-0.3, -0.25) is 14.5 Å². The average molecular weight is 450 g/mol. The van der Waals surface area contributed by atoms with E-state index in [4.69, 9.17) is 9.47 Å². The van der Waals surface area contributed by atoms with Gasteiger partial charge in [0.25, 0.3) is 11.8 Å². The van der Waals surface area contributed by atoms with Crippen LogP contribution in [0.2, 0.25) is 0 Å². The third-order valence-electron chi connectivity index (χ3n) is 5.50. The number of thiophene rings is 1. The number of imide groups is 1. The van der Waals surface area contributed by atoms with E-state index in [1.54, 1.807) is 0 Å². The summed E-state index contributed by atoms with van der Waals surface area (Å²) in [5.41, 5.74) is 2.60. The highest BCUT2D eigenvalue weighted by molar-refractivity contribution is 7.16. The smallest absolute Gasteiger partial charge is 0.338 e. The van der Waals surface area contributed by atoms with Gasteiger partial charge in [-0.05, 0) is 24.8 Å². The molecule has 0 aliphatic carbocycles. The molecule has 9 nitrogen and oxygen atoms in total. The molecule has 3 aliphatic rings. The van der Waals surface area contributed by atoms with Gasteiger partial charge in [0.2, 0.25) is 0 Å². The molecule has 11 heteroatoms. The topological polar surface area (TPSA) is 118 Å². The van der Waals surface area contributed by atoms with Gasteiger partial charge in [-0.25, -0.2) is 9.78 Å². The Balaban J connectivity index is 1.34. The number of rotatable bonds is 5. The van der Waals surface area contributed by atoms with Gasteiger partial charge in [-0.15, -0.1) is 22.7 Å². The summed E-state index contributed by atoms with van der Waals surface area (Å²) in [5.74, 6) is -1.80. The summed E-state index contributed by atoms with van der Waals surface area (Å²) in [6.45, 7) is 0.979. The zero-order valence-electron chi connectivity index (χ0n) is 15.9. The second-order valence-corrected chi connectivity index (χ2v) is 9.36. The van der Waals surface area contributed by atoms with Crippen molar-refractivity contribution in [1.29, 1.82) is 0 Å². The van der Waals surface area contributed by atoms with Crippen LogP contribution in [0.25, 0.3) is 0 Å². The van der Waals surface area contributed by atoms with E-state index in [0.29, 0.717) is 28.5 Å². The zero-order chi connectivity index (χ0) is 20.8. The summed E-state index contributed by atoms with van der Waals surface area (Å²) >= 11 is 2.51. The molecule has 2 amide bonds. The fourth-order valence-electron chi connectivity index (χ4n) is 4.03. The lowest BCUT2D eigenvalue weighted by atomic mass is 10.0. The number of ether oxygens (including phenoxy) is 2. The summed E-state index contributed by atoms with van der Waals surface area (Å²) < 4.78 is 11.6. The van der Waals surface area contributed by atoms with E-state index in [1.807, 2.05) is 0 Å². The van der Waals surface area contributed by atoms with Crippen LogP contribution in [0, 0.1) is 0 Å².